The maximum Gasteiger partial charge on any atom is 0.312 e. The van der Waals surface area contributed by atoms with E-state index in [4.69, 9.17) is 11.6 Å². The van der Waals surface area contributed by atoms with Gasteiger partial charge in [0.05, 0.1) is 0 Å². The number of unbranched alkanes of at least 4 members (excludes halogenated alkanes) is 1. The van der Waals surface area contributed by atoms with E-state index in [1.165, 1.54) is 0 Å². The summed E-state index contributed by atoms with van der Waals surface area (Å²) >= 11 is 0. The summed E-state index contributed by atoms with van der Waals surface area (Å²) in [4.78, 5) is 20.7. The van der Waals surface area contributed by atoms with Crippen LogP contribution in [-0.4, -0.2) is 18.5 Å². The van der Waals surface area contributed by atoms with Crippen LogP contribution < -0.4 is 22.3 Å². The minimum atomic E-state index is -0.543. The number of amides is 3. The van der Waals surface area contributed by atoms with Crippen LogP contribution in [-0.2, 0) is 4.79 Å². The molecule has 0 bridgehead atoms. The molecule has 0 aliphatic heterocycles. The van der Waals surface area contributed by atoms with Crippen molar-refractivity contribution >= 4 is 11.9 Å². The highest BCUT2D eigenvalue weighted by Crippen LogP contribution is 1.92. The lowest BCUT2D eigenvalue weighted by Gasteiger charge is -2.00. The molecule has 6 N–H and O–H groups in total. The Morgan fingerprint density at radius 1 is 1.25 bits per heavy atom. The van der Waals surface area contributed by atoms with E-state index in [0.717, 1.165) is 6.42 Å². The number of hydrogen-bond acceptors (Lipinski definition) is 3. The Bertz CT molecular complexity index is 160. The fraction of sp³-hybridized carbons (Fsp3) is 0.667. The van der Waals surface area contributed by atoms with Crippen LogP contribution in [0.15, 0.2) is 0 Å². The topological polar surface area (TPSA) is 110 Å². The molecule has 6 nitrogen and oxygen atoms in total. The molecule has 0 spiro atoms. The predicted molar refractivity (Wildman–Crippen MR) is 43.8 cm³/mol. The lowest BCUT2D eigenvalue weighted by atomic mass is 10.2. The summed E-state index contributed by atoms with van der Waals surface area (Å²) < 4.78 is 0. The quantitative estimate of drug-likeness (QED) is 0.182. The maximum atomic E-state index is 10.6. The molecule has 70 valence electrons. The zero-order valence-electron chi connectivity index (χ0n) is 6.80. The van der Waals surface area contributed by atoms with Crippen LogP contribution in [0.5, 0.6) is 0 Å². The highest BCUT2D eigenvalue weighted by molar-refractivity contribution is 5.75. The highest BCUT2D eigenvalue weighted by atomic mass is 16.2. The largest absolute Gasteiger partial charge is 0.352 e. The van der Waals surface area contributed by atoms with Gasteiger partial charge in [-0.15, -0.1) is 0 Å². The first-order valence-corrected chi connectivity index (χ1v) is 3.69. The molecule has 0 unspecified atom stereocenters. The van der Waals surface area contributed by atoms with Gasteiger partial charge in [-0.3, -0.25) is 10.2 Å². The minimum absolute atomic E-state index is 0.200. The van der Waals surface area contributed by atoms with Crippen molar-refractivity contribution in [1.82, 2.24) is 10.7 Å². The molecule has 0 saturated carbocycles. The molecule has 0 aliphatic carbocycles. The first kappa shape index (κ1) is 10.7. The third kappa shape index (κ3) is 6.81. The standard InChI is InChI=1S/C6H14N4O2/c7-6(12)9-4-2-1-3-5(11)10-8/h1-4,8H2,(H,10,11)(H3,7,9,12). The van der Waals surface area contributed by atoms with E-state index >= 15 is 0 Å². The summed E-state index contributed by atoms with van der Waals surface area (Å²) in [6.07, 6.45) is 1.77. The summed E-state index contributed by atoms with van der Waals surface area (Å²) in [7, 11) is 0. The van der Waals surface area contributed by atoms with Gasteiger partial charge in [0.15, 0.2) is 0 Å². The van der Waals surface area contributed by atoms with Crippen molar-refractivity contribution in [1.29, 1.82) is 0 Å². The van der Waals surface area contributed by atoms with Gasteiger partial charge < -0.3 is 11.1 Å². The summed E-state index contributed by atoms with van der Waals surface area (Å²) in [6.45, 7) is 0.493. The number of primary amides is 1. The molecule has 0 aromatic carbocycles. The number of hydrogen-bond donors (Lipinski definition) is 4. The molecular weight excluding hydrogens is 160 g/mol. The minimum Gasteiger partial charge on any atom is -0.352 e. The van der Waals surface area contributed by atoms with Crippen LogP contribution >= 0.6 is 0 Å². The summed E-state index contributed by atoms with van der Waals surface area (Å²) in [6, 6.07) is -0.543. The molecule has 0 rings (SSSR count). The molecule has 0 radical (unpaired) electrons. The first-order valence-electron chi connectivity index (χ1n) is 3.69. The number of nitrogens with one attached hydrogen (secondary N) is 2. The SMILES string of the molecule is NNC(=O)CCCCNC(N)=O. The van der Waals surface area contributed by atoms with Gasteiger partial charge in [0.1, 0.15) is 0 Å². The second-order valence-electron chi connectivity index (χ2n) is 2.32. The smallest absolute Gasteiger partial charge is 0.312 e. The average Bonchev–Trinajstić information content (AvgIpc) is 2.03. The number of carbonyl (C=O) groups excluding carboxylic acids is 2. The number of hydrazine groups is 1. The van der Waals surface area contributed by atoms with Crippen molar-refractivity contribution in [2.24, 2.45) is 11.6 Å². The molecule has 0 fully saturated rings. The Hall–Kier alpha value is -1.30. The molecule has 3 amide bonds. The Morgan fingerprint density at radius 2 is 1.92 bits per heavy atom. The van der Waals surface area contributed by atoms with E-state index in [9.17, 15) is 9.59 Å². The van der Waals surface area contributed by atoms with Crippen molar-refractivity contribution < 1.29 is 9.59 Å². The van der Waals surface area contributed by atoms with Crippen LogP contribution in [0.1, 0.15) is 19.3 Å². The zero-order chi connectivity index (χ0) is 9.40. The molecule has 0 aliphatic rings. The highest BCUT2D eigenvalue weighted by Gasteiger charge is 1.97. The fourth-order valence-corrected chi connectivity index (χ4v) is 0.694. The van der Waals surface area contributed by atoms with Crippen LogP contribution in [0.2, 0.25) is 0 Å². The number of carbonyl (C=O) groups is 2. The van der Waals surface area contributed by atoms with Crippen molar-refractivity contribution in [2.75, 3.05) is 6.54 Å². The van der Waals surface area contributed by atoms with E-state index in [1.54, 1.807) is 0 Å². The Morgan fingerprint density at radius 3 is 2.42 bits per heavy atom. The monoisotopic (exact) mass is 174 g/mol. The van der Waals surface area contributed by atoms with Crippen LogP contribution in [0.4, 0.5) is 4.79 Å². The lowest BCUT2D eigenvalue weighted by Crippen LogP contribution is -2.31. The van der Waals surface area contributed by atoms with Crippen LogP contribution in [0, 0.1) is 0 Å². The Labute approximate surface area is 70.6 Å². The Kier molecular flexibility index (Phi) is 5.72. The van der Waals surface area contributed by atoms with Gasteiger partial charge in [-0.25, -0.2) is 10.6 Å². The van der Waals surface area contributed by atoms with E-state index in [-0.39, 0.29) is 5.91 Å². The molecule has 0 aromatic heterocycles. The summed E-state index contributed by atoms with van der Waals surface area (Å²) in [5.41, 5.74) is 6.82. The van der Waals surface area contributed by atoms with Crippen molar-refractivity contribution in [3.63, 3.8) is 0 Å². The van der Waals surface area contributed by atoms with Gasteiger partial charge in [-0.2, -0.15) is 0 Å². The van der Waals surface area contributed by atoms with Gasteiger partial charge in [0.25, 0.3) is 0 Å². The molecule has 6 heteroatoms. The lowest BCUT2D eigenvalue weighted by molar-refractivity contribution is -0.121. The van der Waals surface area contributed by atoms with E-state index < -0.39 is 6.03 Å². The molecule has 0 aromatic rings. The summed E-state index contributed by atoms with van der Waals surface area (Å²) in [5, 5.41) is 2.41. The number of nitrogens with two attached hydrogens (primary N) is 2. The summed E-state index contributed by atoms with van der Waals surface area (Å²) in [5.74, 6) is 4.65. The molecule has 0 heterocycles. The average molecular weight is 174 g/mol. The third-order valence-corrected chi connectivity index (χ3v) is 1.29. The van der Waals surface area contributed by atoms with Gasteiger partial charge in [-0.05, 0) is 12.8 Å². The predicted octanol–water partition coefficient (Wildman–Crippen LogP) is -1.19. The van der Waals surface area contributed by atoms with Crippen LogP contribution in [0.3, 0.4) is 0 Å². The van der Waals surface area contributed by atoms with E-state index in [0.29, 0.717) is 19.4 Å². The van der Waals surface area contributed by atoms with Gasteiger partial charge in [-0.1, -0.05) is 0 Å². The van der Waals surface area contributed by atoms with Crippen molar-refractivity contribution in [3.8, 4) is 0 Å². The second-order valence-corrected chi connectivity index (χ2v) is 2.32. The van der Waals surface area contributed by atoms with E-state index in [2.05, 4.69) is 5.32 Å². The van der Waals surface area contributed by atoms with Gasteiger partial charge >= 0.3 is 6.03 Å². The first-order chi connectivity index (χ1) is 5.66. The normalized spacial score (nSPS) is 9.08. The molecule has 12 heavy (non-hydrogen) atoms. The zero-order valence-corrected chi connectivity index (χ0v) is 6.80. The van der Waals surface area contributed by atoms with Gasteiger partial charge in [0.2, 0.25) is 5.91 Å². The van der Waals surface area contributed by atoms with Gasteiger partial charge in [0, 0.05) is 13.0 Å². The van der Waals surface area contributed by atoms with Crippen molar-refractivity contribution in [2.45, 2.75) is 19.3 Å². The molecule has 0 atom stereocenters. The third-order valence-electron chi connectivity index (χ3n) is 1.29. The molecule has 0 saturated heterocycles. The second kappa shape index (κ2) is 6.41. The Balaban J connectivity index is 3.11. The van der Waals surface area contributed by atoms with Crippen molar-refractivity contribution in [3.05, 3.63) is 0 Å². The number of rotatable bonds is 5. The molecular formula is C6H14N4O2. The maximum absolute atomic E-state index is 10.6. The van der Waals surface area contributed by atoms with Crippen LogP contribution in [0.25, 0.3) is 0 Å². The fourth-order valence-electron chi connectivity index (χ4n) is 0.694. The van der Waals surface area contributed by atoms with E-state index in [1.807, 2.05) is 5.43 Å². The number of urea groups is 1.